The fourth-order valence-corrected chi connectivity index (χ4v) is 2.08. The third-order valence-electron chi connectivity index (χ3n) is 2.77. The van der Waals surface area contributed by atoms with Gasteiger partial charge >= 0.3 is 0 Å². The number of aromatic hydroxyl groups is 1. The van der Waals surface area contributed by atoms with Crippen LogP contribution < -0.4 is 10.6 Å². The van der Waals surface area contributed by atoms with Crippen molar-refractivity contribution in [3.63, 3.8) is 0 Å². The highest BCUT2D eigenvalue weighted by Crippen LogP contribution is 2.28. The molecule has 0 amide bonds. The highest BCUT2D eigenvalue weighted by Gasteiger charge is 2.14. The average molecular weight is 273 g/mol. The Kier molecular flexibility index (Phi) is 3.97. The Labute approximate surface area is 117 Å². The summed E-state index contributed by atoms with van der Waals surface area (Å²) in [6.45, 7) is 2.69. The summed E-state index contributed by atoms with van der Waals surface area (Å²) in [5, 5.41) is 9.59. The van der Waals surface area contributed by atoms with E-state index < -0.39 is 0 Å². The Bertz CT molecular complexity index is 601. The van der Waals surface area contributed by atoms with E-state index >= 15 is 0 Å². The van der Waals surface area contributed by atoms with Gasteiger partial charge in [0.1, 0.15) is 16.6 Å². The van der Waals surface area contributed by atoms with E-state index in [1.165, 1.54) is 0 Å². The molecule has 0 spiro atoms. The average Bonchev–Trinajstić information content (AvgIpc) is 2.40. The SMILES string of the molecule is CCN(c1cccc(O)c1)c1ncccc1C(N)=S. The summed E-state index contributed by atoms with van der Waals surface area (Å²) < 4.78 is 0. The van der Waals surface area contributed by atoms with E-state index in [1.807, 2.05) is 24.0 Å². The van der Waals surface area contributed by atoms with E-state index in [4.69, 9.17) is 18.0 Å². The van der Waals surface area contributed by atoms with Gasteiger partial charge in [-0.05, 0) is 31.2 Å². The molecule has 19 heavy (non-hydrogen) atoms. The number of hydrogen-bond acceptors (Lipinski definition) is 4. The molecular formula is C14H15N3OS. The third-order valence-corrected chi connectivity index (χ3v) is 2.99. The molecular weight excluding hydrogens is 258 g/mol. The number of anilines is 2. The van der Waals surface area contributed by atoms with Gasteiger partial charge in [-0.2, -0.15) is 0 Å². The second-order valence-electron chi connectivity index (χ2n) is 4.00. The van der Waals surface area contributed by atoms with Crippen LogP contribution >= 0.6 is 12.2 Å². The summed E-state index contributed by atoms with van der Waals surface area (Å²) in [5.74, 6) is 0.909. The molecule has 0 radical (unpaired) electrons. The topological polar surface area (TPSA) is 62.4 Å². The predicted molar refractivity (Wildman–Crippen MR) is 80.9 cm³/mol. The van der Waals surface area contributed by atoms with Crippen molar-refractivity contribution in [1.29, 1.82) is 0 Å². The van der Waals surface area contributed by atoms with Crippen LogP contribution in [0.5, 0.6) is 5.75 Å². The maximum absolute atomic E-state index is 9.59. The number of phenolic OH excluding ortho intramolecular Hbond substituents is 1. The van der Waals surface area contributed by atoms with E-state index in [9.17, 15) is 5.11 Å². The summed E-state index contributed by atoms with van der Waals surface area (Å²) in [6.07, 6.45) is 1.70. The first-order valence-corrected chi connectivity index (χ1v) is 6.35. The zero-order chi connectivity index (χ0) is 13.8. The zero-order valence-electron chi connectivity index (χ0n) is 10.6. The number of rotatable bonds is 4. The first kappa shape index (κ1) is 13.3. The van der Waals surface area contributed by atoms with Crippen LogP contribution in [0.3, 0.4) is 0 Å². The maximum Gasteiger partial charge on any atom is 0.143 e. The van der Waals surface area contributed by atoms with E-state index in [-0.39, 0.29) is 5.75 Å². The van der Waals surface area contributed by atoms with Crippen LogP contribution in [0, 0.1) is 0 Å². The summed E-state index contributed by atoms with van der Waals surface area (Å²) in [7, 11) is 0. The standard InChI is InChI=1S/C14H15N3OS/c1-2-17(10-5-3-6-11(18)9-10)14-12(13(15)19)7-4-8-16-14/h3-9,18H,2H2,1H3,(H2,15,19). The third kappa shape index (κ3) is 2.82. The molecule has 0 saturated heterocycles. The van der Waals surface area contributed by atoms with Gasteiger partial charge in [0.05, 0.1) is 5.56 Å². The lowest BCUT2D eigenvalue weighted by Gasteiger charge is -2.24. The molecule has 0 aliphatic heterocycles. The van der Waals surface area contributed by atoms with Crippen LogP contribution in [0.4, 0.5) is 11.5 Å². The van der Waals surface area contributed by atoms with Crippen molar-refractivity contribution >= 4 is 28.7 Å². The van der Waals surface area contributed by atoms with Crippen molar-refractivity contribution in [1.82, 2.24) is 4.98 Å². The molecule has 1 heterocycles. The molecule has 4 nitrogen and oxygen atoms in total. The normalized spacial score (nSPS) is 10.2. The molecule has 1 aromatic heterocycles. The van der Waals surface area contributed by atoms with Gasteiger partial charge in [0, 0.05) is 24.5 Å². The molecule has 0 fully saturated rings. The zero-order valence-corrected chi connectivity index (χ0v) is 11.4. The monoisotopic (exact) mass is 273 g/mol. The van der Waals surface area contributed by atoms with Crippen LogP contribution in [-0.4, -0.2) is 21.6 Å². The minimum absolute atomic E-state index is 0.212. The van der Waals surface area contributed by atoms with Gasteiger partial charge in [0.25, 0.3) is 0 Å². The lowest BCUT2D eigenvalue weighted by molar-refractivity contribution is 0.475. The lowest BCUT2D eigenvalue weighted by Crippen LogP contribution is -2.22. The molecule has 0 bridgehead atoms. The van der Waals surface area contributed by atoms with E-state index in [0.717, 1.165) is 11.3 Å². The van der Waals surface area contributed by atoms with Crippen LogP contribution in [0.2, 0.25) is 0 Å². The quantitative estimate of drug-likeness (QED) is 0.838. The molecule has 0 aliphatic rings. The molecule has 2 aromatic rings. The maximum atomic E-state index is 9.59. The van der Waals surface area contributed by atoms with Crippen molar-refractivity contribution in [2.45, 2.75) is 6.92 Å². The number of hydrogen-bond donors (Lipinski definition) is 2. The van der Waals surface area contributed by atoms with Crippen molar-refractivity contribution in [3.8, 4) is 5.75 Å². The molecule has 98 valence electrons. The lowest BCUT2D eigenvalue weighted by atomic mass is 10.2. The number of benzene rings is 1. The van der Waals surface area contributed by atoms with Crippen molar-refractivity contribution in [2.75, 3.05) is 11.4 Å². The fourth-order valence-electron chi connectivity index (χ4n) is 1.92. The van der Waals surface area contributed by atoms with Crippen molar-refractivity contribution in [2.24, 2.45) is 5.73 Å². The van der Waals surface area contributed by atoms with E-state index in [1.54, 1.807) is 30.5 Å². The molecule has 0 saturated carbocycles. The molecule has 1 aromatic carbocycles. The van der Waals surface area contributed by atoms with Gasteiger partial charge in [-0.1, -0.05) is 18.3 Å². The molecule has 2 rings (SSSR count). The number of pyridine rings is 1. The molecule has 0 aliphatic carbocycles. The Hall–Kier alpha value is -2.14. The summed E-state index contributed by atoms with van der Waals surface area (Å²) in [5.41, 5.74) is 7.30. The van der Waals surface area contributed by atoms with E-state index in [2.05, 4.69) is 4.98 Å². The van der Waals surface area contributed by atoms with Gasteiger partial charge in [0.15, 0.2) is 0 Å². The predicted octanol–water partition coefficient (Wildman–Crippen LogP) is 2.58. The molecule has 3 N–H and O–H groups in total. The van der Waals surface area contributed by atoms with Gasteiger partial charge in [-0.25, -0.2) is 4.98 Å². The number of nitrogens with two attached hydrogens (primary N) is 1. The number of nitrogens with zero attached hydrogens (tertiary/aromatic N) is 2. The second-order valence-corrected chi connectivity index (χ2v) is 4.44. The minimum Gasteiger partial charge on any atom is -0.508 e. The number of aromatic nitrogens is 1. The van der Waals surface area contributed by atoms with Gasteiger partial charge < -0.3 is 15.7 Å². The Morgan fingerprint density at radius 1 is 1.37 bits per heavy atom. The Morgan fingerprint density at radius 2 is 2.16 bits per heavy atom. The van der Waals surface area contributed by atoms with Crippen molar-refractivity contribution in [3.05, 3.63) is 48.2 Å². The van der Waals surface area contributed by atoms with E-state index in [0.29, 0.717) is 17.4 Å². The number of phenols is 1. The van der Waals surface area contributed by atoms with Crippen LogP contribution in [-0.2, 0) is 0 Å². The largest absolute Gasteiger partial charge is 0.508 e. The molecule has 5 heteroatoms. The number of thiocarbonyl (C=S) groups is 1. The first-order valence-electron chi connectivity index (χ1n) is 5.95. The first-order chi connectivity index (χ1) is 9.13. The summed E-state index contributed by atoms with van der Waals surface area (Å²) in [6, 6.07) is 10.6. The van der Waals surface area contributed by atoms with Gasteiger partial charge in [0.2, 0.25) is 0 Å². The van der Waals surface area contributed by atoms with Crippen LogP contribution in [0.15, 0.2) is 42.6 Å². The smallest absolute Gasteiger partial charge is 0.143 e. The highest BCUT2D eigenvalue weighted by atomic mass is 32.1. The van der Waals surface area contributed by atoms with Crippen LogP contribution in [0.25, 0.3) is 0 Å². The molecule has 0 unspecified atom stereocenters. The summed E-state index contributed by atoms with van der Waals surface area (Å²) in [4.78, 5) is 6.61. The van der Waals surface area contributed by atoms with Gasteiger partial charge in [-0.15, -0.1) is 0 Å². The Morgan fingerprint density at radius 3 is 2.79 bits per heavy atom. The minimum atomic E-state index is 0.212. The van der Waals surface area contributed by atoms with Crippen molar-refractivity contribution < 1.29 is 5.11 Å². The second kappa shape index (κ2) is 5.67. The summed E-state index contributed by atoms with van der Waals surface area (Å²) >= 11 is 5.05. The van der Waals surface area contributed by atoms with Crippen LogP contribution in [0.1, 0.15) is 12.5 Å². The molecule has 0 atom stereocenters. The fraction of sp³-hybridized carbons (Fsp3) is 0.143. The Balaban J connectivity index is 2.51. The van der Waals surface area contributed by atoms with Gasteiger partial charge in [-0.3, -0.25) is 0 Å². The highest BCUT2D eigenvalue weighted by molar-refractivity contribution is 7.80.